The van der Waals surface area contributed by atoms with Gasteiger partial charge in [0.15, 0.2) is 0 Å². The average molecular weight is 302 g/mol. The third kappa shape index (κ3) is 3.94. The molecule has 2 aromatic rings. The first-order valence-corrected chi connectivity index (χ1v) is 5.30. The van der Waals surface area contributed by atoms with E-state index in [-0.39, 0.29) is 12.4 Å². The van der Waals surface area contributed by atoms with Crippen molar-refractivity contribution >= 4 is 28.3 Å². The molecule has 0 fully saturated rings. The molecule has 2 nitrogen and oxygen atoms in total. The minimum absolute atomic E-state index is 0. The van der Waals surface area contributed by atoms with Crippen molar-refractivity contribution in [2.24, 2.45) is 11.7 Å². The molecule has 0 aliphatic carbocycles. The predicted molar refractivity (Wildman–Crippen MR) is 75.2 cm³/mol. The van der Waals surface area contributed by atoms with E-state index in [0.717, 1.165) is 4.47 Å². The predicted octanol–water partition coefficient (Wildman–Crippen LogP) is 3.36. The SMILES string of the molecule is Brc1ccccc1-c1ccccc1.Cl.NN. The van der Waals surface area contributed by atoms with E-state index in [9.17, 15) is 0 Å². The zero-order valence-corrected chi connectivity index (χ0v) is 11.0. The molecule has 0 saturated heterocycles. The lowest BCUT2D eigenvalue weighted by Gasteiger charge is -2.02. The Labute approximate surface area is 110 Å². The topological polar surface area (TPSA) is 52.0 Å². The maximum absolute atomic E-state index is 4.00. The average Bonchev–Trinajstić information content (AvgIpc) is 2.33. The van der Waals surface area contributed by atoms with Gasteiger partial charge < -0.3 is 0 Å². The summed E-state index contributed by atoms with van der Waals surface area (Å²) in [7, 11) is 0. The molecule has 0 unspecified atom stereocenters. The van der Waals surface area contributed by atoms with E-state index in [4.69, 9.17) is 0 Å². The fraction of sp³-hybridized carbons (Fsp3) is 0. The normalized spacial score (nSPS) is 8.44. The van der Waals surface area contributed by atoms with Crippen molar-refractivity contribution in [2.45, 2.75) is 0 Å². The van der Waals surface area contributed by atoms with Crippen molar-refractivity contribution in [1.82, 2.24) is 0 Å². The molecule has 0 saturated carbocycles. The Morgan fingerprint density at radius 2 is 1.25 bits per heavy atom. The molecule has 0 amide bonds. The second kappa shape index (κ2) is 8.30. The summed E-state index contributed by atoms with van der Waals surface area (Å²) in [5.41, 5.74) is 2.48. The Kier molecular flexibility index (Phi) is 7.85. The molecule has 0 aromatic heterocycles. The molecule has 2 rings (SSSR count). The van der Waals surface area contributed by atoms with Crippen molar-refractivity contribution < 1.29 is 0 Å². The minimum Gasteiger partial charge on any atom is -0.274 e. The zero-order chi connectivity index (χ0) is 11.1. The maximum Gasteiger partial charge on any atom is 0.0253 e. The number of hydrazine groups is 1. The highest BCUT2D eigenvalue weighted by molar-refractivity contribution is 9.10. The van der Waals surface area contributed by atoms with Crippen molar-refractivity contribution in [1.29, 1.82) is 0 Å². The van der Waals surface area contributed by atoms with Gasteiger partial charge in [-0.3, -0.25) is 11.7 Å². The summed E-state index contributed by atoms with van der Waals surface area (Å²) in [5.74, 6) is 8.00. The van der Waals surface area contributed by atoms with Gasteiger partial charge >= 0.3 is 0 Å². The van der Waals surface area contributed by atoms with Gasteiger partial charge in [-0.1, -0.05) is 64.5 Å². The van der Waals surface area contributed by atoms with Gasteiger partial charge in [-0.05, 0) is 17.2 Å². The standard InChI is InChI=1S/C12H9Br.ClH.H4N2/c13-12-9-5-4-8-11(12)10-6-2-1-3-7-10;;1-2/h1-9H;1H;1-2H2. The molecule has 0 atom stereocenters. The minimum atomic E-state index is 0. The molecule has 16 heavy (non-hydrogen) atoms. The molecule has 4 N–H and O–H groups in total. The first-order chi connectivity index (χ1) is 7.38. The highest BCUT2D eigenvalue weighted by atomic mass is 79.9. The quantitative estimate of drug-likeness (QED) is 0.627. The van der Waals surface area contributed by atoms with Gasteiger partial charge in [0, 0.05) is 4.47 Å². The van der Waals surface area contributed by atoms with Crippen molar-refractivity contribution in [3.05, 3.63) is 59.1 Å². The first-order valence-electron chi connectivity index (χ1n) is 4.51. The van der Waals surface area contributed by atoms with E-state index in [1.54, 1.807) is 0 Å². The molecule has 0 bridgehead atoms. The summed E-state index contributed by atoms with van der Waals surface area (Å²) in [6.45, 7) is 0. The summed E-state index contributed by atoms with van der Waals surface area (Å²) in [6.07, 6.45) is 0. The van der Waals surface area contributed by atoms with Gasteiger partial charge in [-0.2, -0.15) is 0 Å². The zero-order valence-electron chi connectivity index (χ0n) is 8.64. The van der Waals surface area contributed by atoms with Crippen LogP contribution in [0.2, 0.25) is 0 Å². The summed E-state index contributed by atoms with van der Waals surface area (Å²) in [4.78, 5) is 0. The van der Waals surface area contributed by atoms with Gasteiger partial charge in [0.05, 0.1) is 0 Å². The van der Waals surface area contributed by atoms with Crippen LogP contribution in [0.15, 0.2) is 59.1 Å². The lowest BCUT2D eigenvalue weighted by molar-refractivity contribution is 1.26. The second-order valence-electron chi connectivity index (χ2n) is 2.85. The Morgan fingerprint density at radius 1 is 0.750 bits per heavy atom. The van der Waals surface area contributed by atoms with Gasteiger partial charge in [0.2, 0.25) is 0 Å². The van der Waals surface area contributed by atoms with E-state index in [1.807, 2.05) is 18.2 Å². The van der Waals surface area contributed by atoms with Crippen LogP contribution in [0.3, 0.4) is 0 Å². The number of halogens is 2. The maximum atomic E-state index is 4.00. The Morgan fingerprint density at radius 3 is 1.81 bits per heavy atom. The first kappa shape index (κ1) is 15.1. The van der Waals surface area contributed by atoms with Crippen LogP contribution in [0, 0.1) is 0 Å². The van der Waals surface area contributed by atoms with Crippen LogP contribution in [0.1, 0.15) is 0 Å². The van der Waals surface area contributed by atoms with E-state index < -0.39 is 0 Å². The van der Waals surface area contributed by atoms with Crippen LogP contribution in [0.5, 0.6) is 0 Å². The fourth-order valence-electron chi connectivity index (χ4n) is 1.31. The Balaban J connectivity index is 0.000000711. The molecule has 2 aromatic carbocycles. The molecule has 4 heteroatoms. The molecule has 0 radical (unpaired) electrons. The third-order valence-corrected chi connectivity index (χ3v) is 2.65. The van der Waals surface area contributed by atoms with Crippen LogP contribution < -0.4 is 11.7 Å². The molecular formula is C12H14BrClN2. The van der Waals surface area contributed by atoms with Crippen molar-refractivity contribution in [2.75, 3.05) is 0 Å². The molecular weight excluding hydrogens is 288 g/mol. The largest absolute Gasteiger partial charge is 0.274 e. The molecule has 0 aliphatic rings. The van der Waals surface area contributed by atoms with Gasteiger partial charge in [-0.15, -0.1) is 12.4 Å². The summed E-state index contributed by atoms with van der Waals surface area (Å²) >= 11 is 3.53. The third-order valence-electron chi connectivity index (χ3n) is 1.96. The van der Waals surface area contributed by atoms with Gasteiger partial charge in [0.1, 0.15) is 0 Å². The summed E-state index contributed by atoms with van der Waals surface area (Å²) in [5, 5.41) is 0. The smallest absolute Gasteiger partial charge is 0.0253 e. The number of hydrogen-bond donors (Lipinski definition) is 2. The lowest BCUT2D eigenvalue weighted by Crippen LogP contribution is -2.02. The molecule has 0 heterocycles. The number of hydrogen-bond acceptors (Lipinski definition) is 2. The lowest BCUT2D eigenvalue weighted by atomic mass is 10.1. The van der Waals surface area contributed by atoms with Crippen molar-refractivity contribution in [3.8, 4) is 11.1 Å². The Hall–Kier alpha value is -0.870. The van der Waals surface area contributed by atoms with Crippen molar-refractivity contribution in [3.63, 3.8) is 0 Å². The van der Waals surface area contributed by atoms with Gasteiger partial charge in [-0.25, -0.2) is 0 Å². The molecule has 0 aliphatic heterocycles. The fourth-order valence-corrected chi connectivity index (χ4v) is 1.83. The number of rotatable bonds is 1. The van der Waals surface area contributed by atoms with E-state index >= 15 is 0 Å². The van der Waals surface area contributed by atoms with Crippen LogP contribution in [-0.4, -0.2) is 0 Å². The van der Waals surface area contributed by atoms with E-state index in [2.05, 4.69) is 64.0 Å². The van der Waals surface area contributed by atoms with Crippen LogP contribution in [0.4, 0.5) is 0 Å². The van der Waals surface area contributed by atoms with Crippen LogP contribution >= 0.6 is 28.3 Å². The second-order valence-corrected chi connectivity index (χ2v) is 3.70. The van der Waals surface area contributed by atoms with Crippen LogP contribution in [-0.2, 0) is 0 Å². The van der Waals surface area contributed by atoms with Crippen LogP contribution in [0.25, 0.3) is 11.1 Å². The highest BCUT2D eigenvalue weighted by Crippen LogP contribution is 2.27. The number of nitrogens with two attached hydrogens (primary N) is 2. The summed E-state index contributed by atoms with van der Waals surface area (Å²) < 4.78 is 1.14. The molecule has 0 spiro atoms. The van der Waals surface area contributed by atoms with Gasteiger partial charge in [0.25, 0.3) is 0 Å². The highest BCUT2D eigenvalue weighted by Gasteiger charge is 1.99. The molecule has 86 valence electrons. The van der Waals surface area contributed by atoms with E-state index in [0.29, 0.717) is 0 Å². The number of benzene rings is 2. The Bertz CT molecular complexity index is 407. The van der Waals surface area contributed by atoms with E-state index in [1.165, 1.54) is 11.1 Å². The monoisotopic (exact) mass is 300 g/mol. The summed E-state index contributed by atoms with van der Waals surface area (Å²) in [6, 6.07) is 18.6.